The highest BCUT2D eigenvalue weighted by Gasteiger charge is 2.21. The van der Waals surface area contributed by atoms with E-state index in [0.717, 1.165) is 5.56 Å². The molecular weight excluding hydrogens is 238 g/mol. The maximum Gasteiger partial charge on any atom is 0.407 e. The van der Waals surface area contributed by atoms with E-state index in [1.807, 2.05) is 24.5 Å². The van der Waals surface area contributed by atoms with Gasteiger partial charge in [0.25, 0.3) is 0 Å². The molecule has 0 bridgehead atoms. The molecule has 0 heterocycles. The highest BCUT2D eigenvalue weighted by atomic mass is 32.2. The van der Waals surface area contributed by atoms with Crippen LogP contribution in [0.25, 0.3) is 0 Å². The molecule has 0 spiro atoms. The number of benzene rings is 1. The Morgan fingerprint density at radius 3 is 2.53 bits per heavy atom. The molecule has 4 nitrogen and oxygen atoms in total. The standard InChI is InChI=1S/C12H15NO3S/c1-16-12(15)13-11(10(14)8-17-2)9-6-4-3-5-7-9/h3-7,11H,8H2,1-2H3,(H,13,15)/t11-/m1/s1. The normalized spacial score (nSPS) is 11.6. The highest BCUT2D eigenvalue weighted by molar-refractivity contribution is 7.99. The first kappa shape index (κ1) is 13.6. The third-order valence-electron chi connectivity index (χ3n) is 2.19. The molecule has 0 radical (unpaired) electrons. The monoisotopic (exact) mass is 253 g/mol. The van der Waals surface area contributed by atoms with Crippen LogP contribution in [-0.4, -0.2) is 31.0 Å². The minimum absolute atomic E-state index is 0.0471. The first-order valence-corrected chi connectivity index (χ1v) is 6.49. The molecule has 0 aromatic heterocycles. The lowest BCUT2D eigenvalue weighted by atomic mass is 10.0. The lowest BCUT2D eigenvalue weighted by Crippen LogP contribution is -2.34. The molecule has 1 aromatic rings. The number of rotatable bonds is 5. The number of hydrogen-bond donors (Lipinski definition) is 1. The van der Waals surface area contributed by atoms with E-state index in [4.69, 9.17) is 0 Å². The Morgan fingerprint density at radius 1 is 1.35 bits per heavy atom. The van der Waals surface area contributed by atoms with E-state index in [1.165, 1.54) is 18.9 Å². The summed E-state index contributed by atoms with van der Waals surface area (Å²) in [4.78, 5) is 23.1. The van der Waals surface area contributed by atoms with Gasteiger partial charge in [-0.2, -0.15) is 11.8 Å². The van der Waals surface area contributed by atoms with Crippen molar-refractivity contribution in [2.75, 3.05) is 19.1 Å². The zero-order valence-corrected chi connectivity index (χ0v) is 10.6. The van der Waals surface area contributed by atoms with Gasteiger partial charge in [-0.05, 0) is 11.8 Å². The number of ether oxygens (including phenoxy) is 1. The average Bonchev–Trinajstić information content (AvgIpc) is 2.36. The van der Waals surface area contributed by atoms with Crippen LogP contribution in [-0.2, 0) is 9.53 Å². The van der Waals surface area contributed by atoms with E-state index < -0.39 is 12.1 Å². The Morgan fingerprint density at radius 2 is 2.00 bits per heavy atom. The number of nitrogens with one attached hydrogen (secondary N) is 1. The van der Waals surface area contributed by atoms with E-state index in [9.17, 15) is 9.59 Å². The van der Waals surface area contributed by atoms with E-state index >= 15 is 0 Å². The van der Waals surface area contributed by atoms with Crippen LogP contribution in [0.4, 0.5) is 4.79 Å². The van der Waals surface area contributed by atoms with Crippen molar-refractivity contribution in [1.29, 1.82) is 0 Å². The quantitative estimate of drug-likeness (QED) is 0.872. The van der Waals surface area contributed by atoms with Gasteiger partial charge in [-0.3, -0.25) is 4.79 Å². The molecule has 0 saturated carbocycles. The van der Waals surface area contributed by atoms with Crippen LogP contribution in [0.15, 0.2) is 30.3 Å². The molecule has 0 aliphatic heterocycles. The van der Waals surface area contributed by atoms with Crippen molar-refractivity contribution in [3.05, 3.63) is 35.9 Å². The largest absolute Gasteiger partial charge is 0.453 e. The lowest BCUT2D eigenvalue weighted by Gasteiger charge is -2.16. The van der Waals surface area contributed by atoms with Crippen LogP contribution < -0.4 is 5.32 Å². The van der Waals surface area contributed by atoms with Gasteiger partial charge in [-0.15, -0.1) is 0 Å². The van der Waals surface area contributed by atoms with Gasteiger partial charge in [0.1, 0.15) is 6.04 Å². The fourth-order valence-corrected chi connectivity index (χ4v) is 1.85. The molecule has 1 N–H and O–H groups in total. The van der Waals surface area contributed by atoms with Crippen molar-refractivity contribution < 1.29 is 14.3 Å². The Hall–Kier alpha value is -1.49. The maximum absolute atomic E-state index is 11.9. The zero-order valence-electron chi connectivity index (χ0n) is 9.80. The van der Waals surface area contributed by atoms with Gasteiger partial charge in [0.15, 0.2) is 5.78 Å². The molecule has 1 rings (SSSR count). The number of carbonyl (C=O) groups excluding carboxylic acids is 2. The van der Waals surface area contributed by atoms with Crippen LogP contribution in [0.3, 0.4) is 0 Å². The van der Waals surface area contributed by atoms with Crippen molar-refractivity contribution in [3.63, 3.8) is 0 Å². The Kier molecular flexibility index (Phi) is 5.56. The molecule has 0 aliphatic rings. The number of thioether (sulfide) groups is 1. The van der Waals surface area contributed by atoms with Crippen molar-refractivity contribution in [1.82, 2.24) is 5.32 Å². The van der Waals surface area contributed by atoms with E-state index in [1.54, 1.807) is 12.1 Å². The van der Waals surface area contributed by atoms with Gasteiger partial charge >= 0.3 is 6.09 Å². The van der Waals surface area contributed by atoms with Crippen LogP contribution >= 0.6 is 11.8 Å². The molecular formula is C12H15NO3S. The molecule has 0 fully saturated rings. The summed E-state index contributed by atoms with van der Waals surface area (Å²) in [5.74, 6) is 0.304. The third kappa shape index (κ3) is 4.11. The minimum Gasteiger partial charge on any atom is -0.453 e. The number of Topliss-reactive ketones (excluding diaryl/α,β-unsaturated/α-hetero) is 1. The topological polar surface area (TPSA) is 55.4 Å². The molecule has 5 heteroatoms. The van der Waals surface area contributed by atoms with Crippen molar-refractivity contribution in [3.8, 4) is 0 Å². The summed E-state index contributed by atoms with van der Waals surface area (Å²) >= 11 is 1.43. The number of alkyl carbamates (subject to hydrolysis) is 1. The van der Waals surface area contributed by atoms with Gasteiger partial charge in [0.2, 0.25) is 0 Å². The molecule has 1 aromatic carbocycles. The van der Waals surface area contributed by atoms with Crippen molar-refractivity contribution >= 4 is 23.6 Å². The Balaban J connectivity index is 2.86. The van der Waals surface area contributed by atoms with E-state index in [-0.39, 0.29) is 5.78 Å². The van der Waals surface area contributed by atoms with Gasteiger partial charge in [0, 0.05) is 0 Å². The predicted molar refractivity (Wildman–Crippen MR) is 68.1 cm³/mol. The van der Waals surface area contributed by atoms with Crippen molar-refractivity contribution in [2.45, 2.75) is 6.04 Å². The summed E-state index contributed by atoms with van der Waals surface area (Å²) in [7, 11) is 1.27. The summed E-state index contributed by atoms with van der Waals surface area (Å²) < 4.78 is 4.52. The zero-order chi connectivity index (χ0) is 12.7. The summed E-state index contributed by atoms with van der Waals surface area (Å²) in [6.07, 6.45) is 1.24. The molecule has 0 saturated heterocycles. The smallest absolute Gasteiger partial charge is 0.407 e. The van der Waals surface area contributed by atoms with Gasteiger partial charge in [-0.25, -0.2) is 4.79 Å². The summed E-state index contributed by atoms with van der Waals surface area (Å²) in [6, 6.07) is 8.48. The second kappa shape index (κ2) is 6.96. The Bertz CT molecular complexity index is 381. The average molecular weight is 253 g/mol. The van der Waals surface area contributed by atoms with E-state index in [2.05, 4.69) is 10.1 Å². The molecule has 1 atom stereocenters. The molecule has 0 aliphatic carbocycles. The van der Waals surface area contributed by atoms with Crippen LogP contribution in [0, 0.1) is 0 Å². The molecule has 92 valence electrons. The fourth-order valence-electron chi connectivity index (χ4n) is 1.40. The summed E-state index contributed by atoms with van der Waals surface area (Å²) in [5, 5.41) is 2.54. The first-order valence-electron chi connectivity index (χ1n) is 5.10. The number of carbonyl (C=O) groups is 2. The van der Waals surface area contributed by atoms with Gasteiger partial charge in [0.05, 0.1) is 12.9 Å². The first-order chi connectivity index (χ1) is 8.19. The molecule has 1 amide bonds. The van der Waals surface area contributed by atoms with Crippen LogP contribution in [0.2, 0.25) is 0 Å². The summed E-state index contributed by atoms with van der Waals surface area (Å²) in [5.41, 5.74) is 0.761. The van der Waals surface area contributed by atoms with Crippen LogP contribution in [0.5, 0.6) is 0 Å². The second-order valence-corrected chi connectivity index (χ2v) is 4.24. The van der Waals surface area contributed by atoms with Crippen molar-refractivity contribution in [2.24, 2.45) is 0 Å². The molecule has 0 unspecified atom stereocenters. The van der Waals surface area contributed by atoms with Gasteiger partial charge in [-0.1, -0.05) is 30.3 Å². The summed E-state index contributed by atoms with van der Waals surface area (Å²) in [6.45, 7) is 0. The number of ketones is 1. The van der Waals surface area contributed by atoms with Crippen LogP contribution in [0.1, 0.15) is 11.6 Å². The lowest BCUT2D eigenvalue weighted by molar-refractivity contribution is -0.118. The predicted octanol–water partition coefficient (Wildman–Crippen LogP) is 2.02. The number of hydrogen-bond acceptors (Lipinski definition) is 4. The minimum atomic E-state index is -0.643. The Labute approximate surface area is 105 Å². The fraction of sp³-hybridized carbons (Fsp3) is 0.333. The maximum atomic E-state index is 11.9. The number of amides is 1. The third-order valence-corrected chi connectivity index (χ3v) is 2.76. The molecule has 17 heavy (non-hydrogen) atoms. The van der Waals surface area contributed by atoms with Gasteiger partial charge < -0.3 is 10.1 Å². The second-order valence-electron chi connectivity index (χ2n) is 3.38. The SMILES string of the molecule is COC(=O)N[C@@H](C(=O)CSC)c1ccccc1. The number of methoxy groups -OCH3 is 1. The van der Waals surface area contributed by atoms with E-state index in [0.29, 0.717) is 5.75 Å². The highest BCUT2D eigenvalue weighted by Crippen LogP contribution is 2.15.